The summed E-state index contributed by atoms with van der Waals surface area (Å²) >= 11 is 0. The Morgan fingerprint density at radius 1 is 1.09 bits per heavy atom. The summed E-state index contributed by atoms with van der Waals surface area (Å²) in [6.07, 6.45) is 4.70. The highest BCUT2D eigenvalue weighted by molar-refractivity contribution is 7.66. The molecule has 0 bridgehead atoms. The molecular weight excluding hydrogens is 693 g/mol. The third kappa shape index (κ3) is 8.82. The fourth-order valence-corrected chi connectivity index (χ4v) is 7.51. The average molecular weight is 720 g/mol. The van der Waals surface area contributed by atoms with Crippen LogP contribution in [0.2, 0.25) is 0 Å². The third-order valence-electron chi connectivity index (χ3n) is 6.35. The maximum Gasteiger partial charge on any atom is 0.490 e. The van der Waals surface area contributed by atoms with E-state index in [2.05, 4.69) is 53.7 Å². The summed E-state index contributed by atoms with van der Waals surface area (Å²) in [4.78, 5) is 72.3. The van der Waals surface area contributed by atoms with E-state index in [4.69, 9.17) is 20.3 Å². The van der Waals surface area contributed by atoms with Gasteiger partial charge in [0.05, 0.1) is 24.4 Å². The molecule has 254 valence electrons. The third-order valence-corrected chi connectivity index (χ3v) is 10.2. The molecule has 5 atom stereocenters. The molecule has 2 unspecified atom stereocenters. The van der Waals surface area contributed by atoms with Gasteiger partial charge in [-0.05, 0) is 6.08 Å². The Balaban J connectivity index is 1.20. The van der Waals surface area contributed by atoms with Crippen LogP contribution in [0.4, 0.5) is 11.6 Å². The summed E-state index contributed by atoms with van der Waals surface area (Å²) < 4.78 is 53.6. The van der Waals surface area contributed by atoms with Crippen molar-refractivity contribution in [1.29, 1.82) is 0 Å². The number of nitrogens with two attached hydrogens (primary N) is 1. The van der Waals surface area contributed by atoms with E-state index in [1.165, 1.54) is 41.9 Å². The van der Waals surface area contributed by atoms with Crippen molar-refractivity contribution >= 4 is 69.3 Å². The SMILES string of the molecule is Nc1ncnc2c1c(/C=C/C(=O)NCCNc1ncnc3[nH]cnc13)cn2[C@H]1C[C@@H](O)[C@@H](COP(=O)(O)OP(=O)(O)OP(=O)(O)O)O1. The summed E-state index contributed by atoms with van der Waals surface area (Å²) in [7, 11) is -16.7. The molecule has 47 heavy (non-hydrogen) atoms. The minimum Gasteiger partial charge on any atom is -0.390 e. The first-order chi connectivity index (χ1) is 22.1. The van der Waals surface area contributed by atoms with Crippen LogP contribution in [-0.2, 0) is 36.4 Å². The maximum atomic E-state index is 12.5. The highest BCUT2D eigenvalue weighted by Gasteiger charge is 2.43. The van der Waals surface area contributed by atoms with Crippen molar-refractivity contribution in [1.82, 2.24) is 39.8 Å². The number of nitrogens with one attached hydrogen (secondary N) is 3. The monoisotopic (exact) mass is 720 g/mol. The van der Waals surface area contributed by atoms with Gasteiger partial charge < -0.3 is 55.3 Å². The second-order valence-corrected chi connectivity index (χ2v) is 14.1. The predicted octanol–water partition coefficient (Wildman–Crippen LogP) is -0.0870. The largest absolute Gasteiger partial charge is 0.490 e. The van der Waals surface area contributed by atoms with Gasteiger partial charge in [0.25, 0.3) is 0 Å². The number of amides is 1. The zero-order valence-electron chi connectivity index (χ0n) is 23.6. The number of hydrogen-bond acceptors (Lipinski definition) is 16. The first-order valence-electron chi connectivity index (χ1n) is 13.2. The highest BCUT2D eigenvalue weighted by Crippen LogP contribution is 2.66. The lowest BCUT2D eigenvalue weighted by atomic mass is 10.2. The smallest absolute Gasteiger partial charge is 0.390 e. The van der Waals surface area contributed by atoms with Gasteiger partial charge in [0.15, 0.2) is 11.5 Å². The zero-order chi connectivity index (χ0) is 34.0. The second kappa shape index (κ2) is 13.8. The van der Waals surface area contributed by atoms with Gasteiger partial charge in [-0.1, -0.05) is 0 Å². The van der Waals surface area contributed by atoms with Gasteiger partial charge in [-0.3, -0.25) is 9.32 Å². The Morgan fingerprint density at radius 2 is 1.85 bits per heavy atom. The number of phosphoric ester groups is 1. The molecule has 0 spiro atoms. The van der Waals surface area contributed by atoms with Crippen LogP contribution in [0, 0.1) is 0 Å². The molecule has 1 aliphatic rings. The Hall–Kier alpha value is -3.69. The number of ether oxygens (including phenoxy) is 1. The normalized spacial score (nSPS) is 21.3. The fraction of sp³-hybridized carbons (Fsp3) is 0.333. The summed E-state index contributed by atoms with van der Waals surface area (Å²) in [5.41, 5.74) is 7.89. The number of imidazole rings is 1. The highest BCUT2D eigenvalue weighted by atomic mass is 31.3. The van der Waals surface area contributed by atoms with Crippen molar-refractivity contribution < 1.29 is 61.1 Å². The van der Waals surface area contributed by atoms with E-state index in [1.807, 2.05) is 0 Å². The summed E-state index contributed by atoms with van der Waals surface area (Å²) in [6.45, 7) is -0.284. The van der Waals surface area contributed by atoms with Crippen molar-refractivity contribution in [3.63, 3.8) is 0 Å². The molecule has 23 nitrogen and oxygen atoms in total. The lowest BCUT2D eigenvalue weighted by molar-refractivity contribution is -0.116. The number of nitrogens with zero attached hydrogens (tertiary/aromatic N) is 6. The summed E-state index contributed by atoms with van der Waals surface area (Å²) in [5.74, 6) is 0.143. The molecule has 0 aliphatic carbocycles. The van der Waals surface area contributed by atoms with Gasteiger partial charge >= 0.3 is 23.5 Å². The fourth-order valence-electron chi connectivity index (χ4n) is 4.48. The van der Waals surface area contributed by atoms with Crippen molar-refractivity contribution in [2.24, 2.45) is 0 Å². The topological polar surface area (TPSA) is 342 Å². The van der Waals surface area contributed by atoms with E-state index in [1.54, 1.807) is 0 Å². The zero-order valence-corrected chi connectivity index (χ0v) is 26.3. The van der Waals surface area contributed by atoms with Gasteiger partial charge in [0, 0.05) is 37.3 Å². The summed E-state index contributed by atoms with van der Waals surface area (Å²) in [6, 6.07) is 0. The number of hydrogen-bond donors (Lipinski definition) is 9. The number of anilines is 2. The van der Waals surface area contributed by atoms with Crippen LogP contribution in [-0.4, -0.2) is 97.0 Å². The van der Waals surface area contributed by atoms with Crippen LogP contribution in [0.25, 0.3) is 28.3 Å². The number of rotatable bonds is 14. The molecular formula is C21H27N10O13P3. The minimum absolute atomic E-state index is 0.0790. The Kier molecular flexibility index (Phi) is 10.2. The van der Waals surface area contributed by atoms with Crippen LogP contribution in [0.15, 0.2) is 31.3 Å². The molecule has 1 saturated heterocycles. The number of fused-ring (bicyclic) bond motifs is 2. The van der Waals surface area contributed by atoms with Gasteiger partial charge in [0.2, 0.25) is 5.91 Å². The molecule has 4 aromatic heterocycles. The minimum atomic E-state index is -5.72. The maximum absolute atomic E-state index is 12.5. The Bertz CT molecular complexity index is 1950. The molecule has 0 saturated carbocycles. The molecule has 1 fully saturated rings. The average Bonchev–Trinajstić information content (AvgIpc) is 3.69. The van der Waals surface area contributed by atoms with Crippen LogP contribution < -0.4 is 16.4 Å². The lowest BCUT2D eigenvalue weighted by Crippen LogP contribution is -2.27. The molecule has 0 aromatic carbocycles. The number of aliphatic hydroxyl groups excluding tert-OH is 1. The number of carbonyl (C=O) groups excluding carboxylic acids is 1. The number of nitrogen functional groups attached to an aromatic ring is 1. The Labute approximate surface area is 262 Å². The first-order valence-corrected chi connectivity index (χ1v) is 17.7. The molecule has 5 heterocycles. The molecule has 4 aromatic rings. The van der Waals surface area contributed by atoms with Gasteiger partial charge in [-0.2, -0.15) is 8.62 Å². The molecule has 1 aliphatic heterocycles. The number of phosphoric acid groups is 3. The van der Waals surface area contributed by atoms with Crippen LogP contribution >= 0.6 is 23.5 Å². The van der Waals surface area contributed by atoms with Crippen molar-refractivity contribution in [3.05, 3.63) is 36.8 Å². The quantitative estimate of drug-likeness (QED) is 0.0467. The molecule has 10 N–H and O–H groups in total. The van der Waals surface area contributed by atoms with Gasteiger partial charge in [-0.15, -0.1) is 0 Å². The number of aliphatic hydroxyl groups is 1. The van der Waals surface area contributed by atoms with E-state index in [0.29, 0.717) is 34.5 Å². The van der Waals surface area contributed by atoms with Crippen molar-refractivity contribution in [3.8, 4) is 0 Å². The van der Waals surface area contributed by atoms with E-state index in [-0.39, 0.29) is 24.4 Å². The Morgan fingerprint density at radius 3 is 2.62 bits per heavy atom. The van der Waals surface area contributed by atoms with Crippen molar-refractivity contribution in [2.75, 3.05) is 30.7 Å². The van der Waals surface area contributed by atoms with E-state index < -0.39 is 54.4 Å². The number of carbonyl (C=O) groups is 1. The molecule has 5 rings (SSSR count). The molecule has 26 heteroatoms. The standard InChI is InChI=1S/C21H27N10O13P3/c22-18-16-11(1-2-14(33)23-3-4-24-19-17-20(27-8-25-17)29-10-28-19)6-31(21(16)30-9-26-18)15-5-12(32)13(42-15)7-41-46(37,38)44-47(39,40)43-45(34,35)36/h1-2,6,8-10,12-13,15,32H,3-5,7H2,(H,23,33)(H,37,38)(H,39,40)(H2,22,26,30)(H2,34,35,36)(H2,24,25,27,28,29)/b2-1+/t12-,13-,15-/m1/s1. The van der Waals surface area contributed by atoms with Crippen LogP contribution in [0.1, 0.15) is 18.2 Å². The molecule has 1 amide bonds. The summed E-state index contributed by atoms with van der Waals surface area (Å²) in [5, 5.41) is 16.7. The first kappa shape index (κ1) is 34.6. The van der Waals surface area contributed by atoms with Crippen molar-refractivity contribution in [2.45, 2.75) is 24.9 Å². The number of aromatic amines is 1. The van der Waals surface area contributed by atoms with E-state index in [0.717, 1.165) is 0 Å². The molecule has 0 radical (unpaired) electrons. The van der Waals surface area contributed by atoms with E-state index in [9.17, 15) is 33.4 Å². The van der Waals surface area contributed by atoms with Crippen LogP contribution in [0.3, 0.4) is 0 Å². The lowest BCUT2D eigenvalue weighted by Gasteiger charge is -2.19. The van der Waals surface area contributed by atoms with E-state index >= 15 is 0 Å². The van der Waals surface area contributed by atoms with Gasteiger partial charge in [0.1, 0.15) is 42.0 Å². The number of aromatic nitrogens is 7. The van der Waals surface area contributed by atoms with Gasteiger partial charge in [-0.25, -0.2) is 38.6 Å². The second-order valence-electron chi connectivity index (χ2n) is 9.64. The number of H-pyrrole nitrogens is 1. The van der Waals surface area contributed by atoms with Crippen LogP contribution in [0.5, 0.6) is 0 Å². The predicted molar refractivity (Wildman–Crippen MR) is 159 cm³/mol.